The maximum Gasteiger partial charge on any atom is 0.264 e. The number of benzene rings is 1. The van der Waals surface area contributed by atoms with Crippen LogP contribution in [-0.4, -0.2) is 13.4 Å². The van der Waals surface area contributed by atoms with Crippen molar-refractivity contribution in [2.75, 3.05) is 4.72 Å². The Labute approximate surface area is 118 Å². The smallest absolute Gasteiger partial charge is 0.264 e. The highest BCUT2D eigenvalue weighted by Gasteiger charge is 2.19. The third kappa shape index (κ3) is 2.95. The molecule has 102 valence electrons. The molecule has 2 aromatic rings. The number of rotatable bonds is 3. The maximum absolute atomic E-state index is 12.3. The second kappa shape index (κ2) is 5.31. The van der Waals surface area contributed by atoms with Crippen LogP contribution in [-0.2, 0) is 10.0 Å². The number of nitriles is 1. The van der Waals surface area contributed by atoms with Crippen molar-refractivity contribution in [3.05, 3.63) is 53.3 Å². The topological polar surface area (TPSA) is 82.8 Å². The molecule has 0 spiro atoms. The van der Waals surface area contributed by atoms with Crippen LogP contribution < -0.4 is 4.72 Å². The van der Waals surface area contributed by atoms with E-state index in [2.05, 4.69) is 9.71 Å². The first-order valence-electron chi connectivity index (χ1n) is 5.88. The fraction of sp³-hybridized carbons (Fsp3) is 0.143. The van der Waals surface area contributed by atoms with Crippen LogP contribution in [0.15, 0.2) is 41.4 Å². The first-order valence-corrected chi connectivity index (χ1v) is 7.37. The van der Waals surface area contributed by atoms with Gasteiger partial charge in [-0.05, 0) is 49.2 Å². The summed E-state index contributed by atoms with van der Waals surface area (Å²) in [5, 5.41) is 8.93. The molecule has 0 aliphatic heterocycles. The maximum atomic E-state index is 12.3. The van der Waals surface area contributed by atoms with Gasteiger partial charge >= 0.3 is 0 Å². The van der Waals surface area contributed by atoms with Crippen LogP contribution in [0.4, 0.5) is 5.69 Å². The summed E-state index contributed by atoms with van der Waals surface area (Å²) >= 11 is 0. The molecule has 1 N–H and O–H groups in total. The number of sulfonamides is 1. The SMILES string of the molecule is Cc1cc(C)cc(NS(=O)(=O)c2cccnc2C#N)c1. The lowest BCUT2D eigenvalue weighted by Gasteiger charge is -2.10. The second-order valence-electron chi connectivity index (χ2n) is 4.44. The quantitative estimate of drug-likeness (QED) is 0.939. The summed E-state index contributed by atoms with van der Waals surface area (Å²) in [5.74, 6) is 0. The molecule has 0 radical (unpaired) electrons. The highest BCUT2D eigenvalue weighted by atomic mass is 32.2. The fourth-order valence-electron chi connectivity index (χ4n) is 1.94. The zero-order valence-electron chi connectivity index (χ0n) is 11.1. The summed E-state index contributed by atoms with van der Waals surface area (Å²) in [6.07, 6.45) is 1.38. The van der Waals surface area contributed by atoms with E-state index in [0.29, 0.717) is 5.69 Å². The van der Waals surface area contributed by atoms with E-state index in [-0.39, 0.29) is 10.6 Å². The predicted molar refractivity (Wildman–Crippen MR) is 75.7 cm³/mol. The second-order valence-corrected chi connectivity index (χ2v) is 6.09. The molecule has 5 nitrogen and oxygen atoms in total. The molecule has 1 aromatic carbocycles. The molecule has 0 saturated carbocycles. The molecule has 0 atom stereocenters. The highest BCUT2D eigenvalue weighted by Crippen LogP contribution is 2.20. The molecule has 6 heteroatoms. The number of aromatic nitrogens is 1. The van der Waals surface area contributed by atoms with Gasteiger partial charge in [0.05, 0.1) is 0 Å². The van der Waals surface area contributed by atoms with Crippen LogP contribution in [0, 0.1) is 25.2 Å². The summed E-state index contributed by atoms with van der Waals surface area (Å²) in [6.45, 7) is 3.77. The highest BCUT2D eigenvalue weighted by molar-refractivity contribution is 7.92. The number of aryl methyl sites for hydroxylation is 2. The number of hydrogen-bond acceptors (Lipinski definition) is 4. The minimum absolute atomic E-state index is 0.121. The summed E-state index contributed by atoms with van der Waals surface area (Å²) < 4.78 is 27.1. The molecule has 2 rings (SSSR count). The molecular weight excluding hydrogens is 274 g/mol. The first-order chi connectivity index (χ1) is 9.42. The van der Waals surface area contributed by atoms with E-state index in [1.807, 2.05) is 19.9 Å². The van der Waals surface area contributed by atoms with Crippen LogP contribution in [0.1, 0.15) is 16.8 Å². The largest absolute Gasteiger partial charge is 0.280 e. The Kier molecular flexibility index (Phi) is 3.72. The number of pyridine rings is 1. The van der Waals surface area contributed by atoms with Crippen LogP contribution in [0.25, 0.3) is 0 Å². The minimum atomic E-state index is -3.82. The van der Waals surface area contributed by atoms with Gasteiger partial charge in [0.25, 0.3) is 10.0 Å². The average Bonchev–Trinajstić information content (AvgIpc) is 2.36. The summed E-state index contributed by atoms with van der Waals surface area (Å²) in [5.41, 5.74) is 2.25. The van der Waals surface area contributed by atoms with Gasteiger partial charge in [0.1, 0.15) is 11.0 Å². The first kappa shape index (κ1) is 14.0. The predicted octanol–water partition coefficient (Wildman–Crippen LogP) is 2.37. The average molecular weight is 287 g/mol. The Morgan fingerprint density at radius 1 is 1.20 bits per heavy atom. The Morgan fingerprint density at radius 2 is 1.85 bits per heavy atom. The molecule has 1 heterocycles. The van der Waals surface area contributed by atoms with Gasteiger partial charge in [-0.25, -0.2) is 13.4 Å². The van der Waals surface area contributed by atoms with Gasteiger partial charge < -0.3 is 0 Å². The van der Waals surface area contributed by atoms with Gasteiger partial charge in [-0.3, -0.25) is 4.72 Å². The molecule has 1 aromatic heterocycles. The zero-order chi connectivity index (χ0) is 14.8. The van der Waals surface area contributed by atoms with Gasteiger partial charge in [-0.1, -0.05) is 6.07 Å². The van der Waals surface area contributed by atoms with E-state index >= 15 is 0 Å². The fourth-order valence-corrected chi connectivity index (χ4v) is 3.08. The third-order valence-electron chi connectivity index (χ3n) is 2.64. The van der Waals surface area contributed by atoms with Gasteiger partial charge in [0, 0.05) is 11.9 Å². The Balaban J connectivity index is 2.44. The molecule has 0 saturated heterocycles. The molecule has 0 bridgehead atoms. The number of nitrogens with zero attached hydrogens (tertiary/aromatic N) is 2. The minimum Gasteiger partial charge on any atom is -0.280 e. The van der Waals surface area contributed by atoms with Gasteiger partial charge in [0.15, 0.2) is 5.69 Å². The lowest BCUT2D eigenvalue weighted by molar-refractivity contribution is 0.600. The summed E-state index contributed by atoms with van der Waals surface area (Å²) in [4.78, 5) is 3.64. The van der Waals surface area contributed by atoms with Crippen molar-refractivity contribution in [1.82, 2.24) is 4.98 Å². The number of hydrogen-bond donors (Lipinski definition) is 1. The standard InChI is InChI=1S/C14H13N3O2S/c1-10-6-11(2)8-12(7-10)17-20(18,19)14-4-3-5-16-13(14)9-15/h3-8,17H,1-2H3. The van der Waals surface area contributed by atoms with E-state index in [1.165, 1.54) is 18.3 Å². The lowest BCUT2D eigenvalue weighted by atomic mass is 10.1. The van der Waals surface area contributed by atoms with Crippen LogP contribution in [0.2, 0.25) is 0 Å². The Hall–Kier alpha value is -2.39. The van der Waals surface area contributed by atoms with Crippen LogP contribution in [0.3, 0.4) is 0 Å². The van der Waals surface area contributed by atoms with Crippen molar-refractivity contribution in [2.24, 2.45) is 0 Å². The van der Waals surface area contributed by atoms with Crippen molar-refractivity contribution in [1.29, 1.82) is 5.26 Å². The van der Waals surface area contributed by atoms with Crippen molar-refractivity contribution in [2.45, 2.75) is 18.7 Å². The van der Waals surface area contributed by atoms with Crippen molar-refractivity contribution < 1.29 is 8.42 Å². The van der Waals surface area contributed by atoms with E-state index in [4.69, 9.17) is 5.26 Å². The summed E-state index contributed by atoms with van der Waals surface area (Å²) in [7, 11) is -3.82. The van der Waals surface area contributed by atoms with Crippen molar-refractivity contribution in [3.63, 3.8) is 0 Å². The monoisotopic (exact) mass is 287 g/mol. The van der Waals surface area contributed by atoms with Crippen molar-refractivity contribution in [3.8, 4) is 6.07 Å². The molecule has 0 aliphatic carbocycles. The lowest BCUT2D eigenvalue weighted by Crippen LogP contribution is -2.15. The number of nitrogens with one attached hydrogen (secondary N) is 1. The van der Waals surface area contributed by atoms with Gasteiger partial charge in [-0.2, -0.15) is 5.26 Å². The molecular formula is C14H13N3O2S. The third-order valence-corrected chi connectivity index (χ3v) is 4.05. The molecule has 0 fully saturated rings. The van der Waals surface area contributed by atoms with Crippen molar-refractivity contribution >= 4 is 15.7 Å². The van der Waals surface area contributed by atoms with E-state index in [9.17, 15) is 8.42 Å². The molecule has 0 aliphatic rings. The van der Waals surface area contributed by atoms with E-state index in [0.717, 1.165) is 11.1 Å². The van der Waals surface area contributed by atoms with Crippen LogP contribution >= 0.6 is 0 Å². The normalized spacial score (nSPS) is 10.8. The molecule has 0 unspecified atom stereocenters. The van der Waals surface area contributed by atoms with Gasteiger partial charge in [-0.15, -0.1) is 0 Å². The van der Waals surface area contributed by atoms with E-state index < -0.39 is 10.0 Å². The Bertz CT molecular complexity index is 772. The molecule has 0 amide bonds. The number of anilines is 1. The van der Waals surface area contributed by atoms with Crippen LogP contribution in [0.5, 0.6) is 0 Å². The van der Waals surface area contributed by atoms with E-state index in [1.54, 1.807) is 18.2 Å². The summed E-state index contributed by atoms with van der Waals surface area (Å²) in [6, 6.07) is 10.0. The Morgan fingerprint density at radius 3 is 2.45 bits per heavy atom. The molecule has 20 heavy (non-hydrogen) atoms. The van der Waals surface area contributed by atoms with Gasteiger partial charge in [0.2, 0.25) is 0 Å². The zero-order valence-corrected chi connectivity index (χ0v) is 11.9.